The second kappa shape index (κ2) is 7.07. The number of nitrogens with zero attached hydrogens (tertiary/aromatic N) is 2. The molecular formula is C13H25N3S. The number of unbranched alkanes of at least 4 members (excludes halogenated alkanes) is 2. The molecule has 17 heavy (non-hydrogen) atoms. The van der Waals surface area contributed by atoms with Crippen LogP contribution >= 0.6 is 11.8 Å². The maximum absolute atomic E-state index is 5.90. The van der Waals surface area contributed by atoms with Gasteiger partial charge in [-0.1, -0.05) is 19.8 Å². The zero-order chi connectivity index (χ0) is 12.8. The van der Waals surface area contributed by atoms with Crippen LogP contribution in [0.3, 0.4) is 0 Å². The molecule has 98 valence electrons. The largest absolute Gasteiger partial charge is 0.328 e. The van der Waals surface area contributed by atoms with E-state index in [1.807, 2.05) is 23.5 Å². The molecule has 1 atom stereocenters. The number of aromatic nitrogens is 2. The second-order valence-electron chi connectivity index (χ2n) is 4.73. The number of aryl methyl sites for hydroxylation is 2. The molecule has 1 rings (SSSR count). The minimum absolute atomic E-state index is 0.202. The molecule has 0 aromatic carbocycles. The summed E-state index contributed by atoms with van der Waals surface area (Å²) in [6.45, 7) is 6.37. The van der Waals surface area contributed by atoms with E-state index >= 15 is 0 Å². The first kappa shape index (κ1) is 14.6. The molecule has 0 amide bonds. The summed E-state index contributed by atoms with van der Waals surface area (Å²) < 4.78 is 2.00. The number of rotatable bonds is 7. The summed E-state index contributed by atoms with van der Waals surface area (Å²) >= 11 is 1.92. The van der Waals surface area contributed by atoms with E-state index in [1.54, 1.807) is 0 Å². The summed E-state index contributed by atoms with van der Waals surface area (Å²) in [7, 11) is 2.03. The zero-order valence-electron chi connectivity index (χ0n) is 11.5. The van der Waals surface area contributed by atoms with Gasteiger partial charge in [0.15, 0.2) is 0 Å². The van der Waals surface area contributed by atoms with Crippen LogP contribution in [0.5, 0.6) is 0 Å². The molecule has 0 bridgehead atoms. The molecule has 0 aliphatic carbocycles. The molecule has 1 aromatic rings. The van der Waals surface area contributed by atoms with Gasteiger partial charge in [-0.3, -0.25) is 4.68 Å². The Morgan fingerprint density at radius 3 is 2.71 bits per heavy atom. The highest BCUT2D eigenvalue weighted by Crippen LogP contribution is 2.26. The topological polar surface area (TPSA) is 43.8 Å². The van der Waals surface area contributed by atoms with Crippen LogP contribution in [0.1, 0.15) is 44.4 Å². The van der Waals surface area contributed by atoms with Crippen molar-refractivity contribution in [2.24, 2.45) is 12.8 Å². The van der Waals surface area contributed by atoms with Gasteiger partial charge in [0.25, 0.3) is 0 Å². The maximum Gasteiger partial charge on any atom is 0.0971 e. The third-order valence-corrected chi connectivity index (χ3v) is 4.08. The Morgan fingerprint density at radius 2 is 2.12 bits per heavy atom. The average Bonchev–Trinajstić information content (AvgIpc) is 2.50. The second-order valence-corrected chi connectivity index (χ2v) is 5.81. The van der Waals surface area contributed by atoms with Crippen molar-refractivity contribution >= 4 is 11.8 Å². The lowest BCUT2D eigenvalue weighted by Gasteiger charge is -2.08. The summed E-state index contributed by atoms with van der Waals surface area (Å²) in [4.78, 5) is 0. The highest BCUT2D eigenvalue weighted by molar-refractivity contribution is 7.99. The minimum Gasteiger partial charge on any atom is -0.328 e. The third-order valence-electron chi connectivity index (χ3n) is 2.80. The van der Waals surface area contributed by atoms with Gasteiger partial charge in [0.2, 0.25) is 0 Å². The smallest absolute Gasteiger partial charge is 0.0971 e. The number of thioether (sulfide) groups is 1. The maximum atomic E-state index is 5.90. The Bertz CT molecular complexity index is 345. The van der Waals surface area contributed by atoms with Crippen molar-refractivity contribution in [2.75, 3.05) is 5.75 Å². The predicted octanol–water partition coefficient (Wildman–Crippen LogP) is 2.90. The van der Waals surface area contributed by atoms with Crippen molar-refractivity contribution in [3.05, 3.63) is 11.3 Å². The standard InChI is InChI=1S/C13H25N3S/c1-5-6-7-8-17-13-12(9-10(2)14)11(3)15-16(13)4/h10H,5-9,14H2,1-4H3. The lowest BCUT2D eigenvalue weighted by molar-refractivity contribution is 0.676. The van der Waals surface area contributed by atoms with E-state index in [0.29, 0.717) is 0 Å². The number of hydrogen-bond acceptors (Lipinski definition) is 3. The van der Waals surface area contributed by atoms with Crippen LogP contribution in [0.15, 0.2) is 5.03 Å². The fourth-order valence-corrected chi connectivity index (χ4v) is 3.11. The Labute approximate surface area is 109 Å². The van der Waals surface area contributed by atoms with Gasteiger partial charge in [-0.05, 0) is 32.4 Å². The molecule has 0 aliphatic heterocycles. The van der Waals surface area contributed by atoms with Crippen LogP contribution in [0.2, 0.25) is 0 Å². The molecule has 2 N–H and O–H groups in total. The normalized spacial score (nSPS) is 13.0. The van der Waals surface area contributed by atoms with Gasteiger partial charge < -0.3 is 5.73 Å². The van der Waals surface area contributed by atoms with Crippen LogP contribution in [0.4, 0.5) is 0 Å². The van der Waals surface area contributed by atoms with E-state index in [2.05, 4.69) is 25.9 Å². The van der Waals surface area contributed by atoms with Crippen LogP contribution in [-0.4, -0.2) is 21.6 Å². The fourth-order valence-electron chi connectivity index (χ4n) is 1.94. The molecule has 0 saturated carbocycles. The fraction of sp³-hybridized carbons (Fsp3) is 0.769. The first-order valence-electron chi connectivity index (χ1n) is 6.47. The number of nitrogens with two attached hydrogens (primary N) is 1. The van der Waals surface area contributed by atoms with Crippen LogP contribution in [0.25, 0.3) is 0 Å². The Hall–Kier alpha value is -0.480. The predicted molar refractivity (Wildman–Crippen MR) is 75.5 cm³/mol. The van der Waals surface area contributed by atoms with Crippen LogP contribution in [-0.2, 0) is 13.5 Å². The summed E-state index contributed by atoms with van der Waals surface area (Å²) in [6, 6.07) is 0.202. The van der Waals surface area contributed by atoms with Crippen molar-refractivity contribution in [1.29, 1.82) is 0 Å². The van der Waals surface area contributed by atoms with Crippen molar-refractivity contribution < 1.29 is 0 Å². The van der Waals surface area contributed by atoms with Gasteiger partial charge in [0.1, 0.15) is 0 Å². The van der Waals surface area contributed by atoms with E-state index < -0.39 is 0 Å². The Morgan fingerprint density at radius 1 is 1.41 bits per heavy atom. The van der Waals surface area contributed by atoms with Gasteiger partial charge in [-0.25, -0.2) is 0 Å². The van der Waals surface area contributed by atoms with E-state index in [9.17, 15) is 0 Å². The Kier molecular flexibility index (Phi) is 6.06. The molecule has 1 unspecified atom stereocenters. The van der Waals surface area contributed by atoms with E-state index in [0.717, 1.165) is 12.1 Å². The van der Waals surface area contributed by atoms with Crippen molar-refractivity contribution in [1.82, 2.24) is 9.78 Å². The van der Waals surface area contributed by atoms with Gasteiger partial charge in [-0.15, -0.1) is 11.8 Å². The number of hydrogen-bond donors (Lipinski definition) is 1. The summed E-state index contributed by atoms with van der Waals surface area (Å²) in [5.41, 5.74) is 8.37. The van der Waals surface area contributed by atoms with Crippen LogP contribution in [0, 0.1) is 6.92 Å². The molecule has 3 nitrogen and oxygen atoms in total. The van der Waals surface area contributed by atoms with E-state index in [1.165, 1.54) is 35.6 Å². The molecule has 0 radical (unpaired) electrons. The quantitative estimate of drug-likeness (QED) is 0.602. The summed E-state index contributed by atoms with van der Waals surface area (Å²) in [5.74, 6) is 1.18. The lowest BCUT2D eigenvalue weighted by atomic mass is 10.1. The molecule has 0 aliphatic rings. The van der Waals surface area contributed by atoms with E-state index in [4.69, 9.17) is 5.73 Å². The SMILES string of the molecule is CCCCCSc1c(CC(C)N)c(C)nn1C. The summed E-state index contributed by atoms with van der Waals surface area (Å²) in [5, 5.41) is 5.81. The molecule has 0 spiro atoms. The molecule has 4 heteroatoms. The average molecular weight is 255 g/mol. The monoisotopic (exact) mass is 255 g/mol. The first-order chi connectivity index (χ1) is 8.06. The third kappa shape index (κ3) is 4.36. The highest BCUT2D eigenvalue weighted by atomic mass is 32.2. The molecule has 0 fully saturated rings. The minimum atomic E-state index is 0.202. The van der Waals surface area contributed by atoms with Crippen molar-refractivity contribution in [3.8, 4) is 0 Å². The van der Waals surface area contributed by atoms with E-state index in [-0.39, 0.29) is 6.04 Å². The van der Waals surface area contributed by atoms with Gasteiger partial charge >= 0.3 is 0 Å². The molecule has 1 heterocycles. The molecule has 1 aromatic heterocycles. The highest BCUT2D eigenvalue weighted by Gasteiger charge is 2.14. The zero-order valence-corrected chi connectivity index (χ0v) is 12.3. The van der Waals surface area contributed by atoms with Gasteiger partial charge in [0.05, 0.1) is 10.7 Å². The van der Waals surface area contributed by atoms with Gasteiger partial charge in [0, 0.05) is 18.7 Å². The summed E-state index contributed by atoms with van der Waals surface area (Å²) in [6.07, 6.45) is 4.79. The Balaban J connectivity index is 2.68. The van der Waals surface area contributed by atoms with Crippen molar-refractivity contribution in [2.45, 2.75) is 57.5 Å². The lowest BCUT2D eigenvalue weighted by Crippen LogP contribution is -2.18. The molecular weight excluding hydrogens is 230 g/mol. The van der Waals surface area contributed by atoms with Gasteiger partial charge in [-0.2, -0.15) is 5.10 Å². The van der Waals surface area contributed by atoms with Crippen molar-refractivity contribution in [3.63, 3.8) is 0 Å². The van der Waals surface area contributed by atoms with Crippen LogP contribution < -0.4 is 5.73 Å². The molecule has 0 saturated heterocycles. The first-order valence-corrected chi connectivity index (χ1v) is 7.45.